The third kappa shape index (κ3) is 6.61. The Morgan fingerprint density at radius 2 is 1.70 bits per heavy atom. The predicted molar refractivity (Wildman–Crippen MR) is 186 cm³/mol. The van der Waals surface area contributed by atoms with Gasteiger partial charge >= 0.3 is 6.03 Å². The fourth-order valence-corrected chi connectivity index (χ4v) is 6.19. The first-order valence-corrected chi connectivity index (χ1v) is 16.8. The lowest BCUT2D eigenvalue weighted by molar-refractivity contribution is 0.251. The molecule has 9 nitrogen and oxygen atoms in total. The molecule has 0 spiro atoms. The zero-order chi connectivity index (χ0) is 32.4. The summed E-state index contributed by atoms with van der Waals surface area (Å²) in [6, 6.07) is 27.1. The summed E-state index contributed by atoms with van der Waals surface area (Å²) in [7, 11) is 0. The van der Waals surface area contributed by atoms with Crippen molar-refractivity contribution in [2.45, 2.75) is 48.8 Å². The van der Waals surface area contributed by atoms with E-state index in [0.29, 0.717) is 29.4 Å². The number of benzene rings is 3. The maximum atomic E-state index is 13.2. The third-order valence-electron chi connectivity index (χ3n) is 7.77. The van der Waals surface area contributed by atoms with Gasteiger partial charge in [-0.05, 0) is 87.5 Å². The molecule has 6 rings (SSSR count). The Balaban J connectivity index is 1.20. The van der Waals surface area contributed by atoms with E-state index in [0.717, 1.165) is 37.9 Å². The Morgan fingerprint density at radius 1 is 0.935 bits per heavy atom. The van der Waals surface area contributed by atoms with Gasteiger partial charge in [0.15, 0.2) is 11.5 Å². The van der Waals surface area contributed by atoms with Crippen molar-refractivity contribution in [2.24, 2.45) is 0 Å². The molecule has 0 atom stereocenters. The van der Waals surface area contributed by atoms with Gasteiger partial charge in [-0.1, -0.05) is 53.7 Å². The van der Waals surface area contributed by atoms with Crippen LogP contribution < -0.4 is 10.6 Å². The second kappa shape index (κ2) is 12.9. The quantitative estimate of drug-likeness (QED) is 0.146. The van der Waals surface area contributed by atoms with Crippen LogP contribution >= 0.6 is 23.5 Å². The Morgan fingerprint density at radius 3 is 2.46 bits per heavy atom. The SMILES string of the molecule is CSC(C)(C)c1cc(NC(=O)NCc2ccccc2Sc2ccc3nnc(-c4ccc(C)cc4O)n3c2)n(-c2ccc(C)cc2)n1. The van der Waals surface area contributed by atoms with Crippen molar-refractivity contribution in [3.05, 3.63) is 114 Å². The summed E-state index contributed by atoms with van der Waals surface area (Å²) in [5, 5.41) is 30.1. The van der Waals surface area contributed by atoms with Crippen molar-refractivity contribution >= 4 is 41.0 Å². The predicted octanol–water partition coefficient (Wildman–Crippen LogP) is 7.98. The number of pyridine rings is 1. The molecule has 234 valence electrons. The van der Waals surface area contributed by atoms with E-state index >= 15 is 0 Å². The molecule has 3 heterocycles. The van der Waals surface area contributed by atoms with E-state index in [2.05, 4.69) is 40.9 Å². The van der Waals surface area contributed by atoms with Crippen LogP contribution in [0.1, 0.15) is 36.2 Å². The molecule has 0 saturated heterocycles. The summed E-state index contributed by atoms with van der Waals surface area (Å²) >= 11 is 3.29. The largest absolute Gasteiger partial charge is 0.507 e. The number of rotatable bonds is 9. The van der Waals surface area contributed by atoms with E-state index in [-0.39, 0.29) is 16.5 Å². The lowest BCUT2D eigenvalue weighted by Gasteiger charge is -2.18. The summed E-state index contributed by atoms with van der Waals surface area (Å²) in [6.45, 7) is 8.53. The molecule has 0 aliphatic heterocycles. The first-order valence-electron chi connectivity index (χ1n) is 14.8. The van der Waals surface area contributed by atoms with Crippen LogP contribution in [-0.4, -0.2) is 41.8 Å². The van der Waals surface area contributed by atoms with Gasteiger partial charge in [0.2, 0.25) is 0 Å². The van der Waals surface area contributed by atoms with Crippen molar-refractivity contribution in [3.8, 4) is 22.8 Å². The molecule has 0 saturated carbocycles. The van der Waals surface area contributed by atoms with Crippen molar-refractivity contribution in [1.82, 2.24) is 29.7 Å². The monoisotopic (exact) mass is 649 g/mol. The van der Waals surface area contributed by atoms with Crippen LogP contribution in [0.15, 0.2) is 101 Å². The molecule has 0 bridgehead atoms. The highest BCUT2D eigenvalue weighted by Gasteiger charge is 2.25. The smallest absolute Gasteiger partial charge is 0.320 e. The minimum Gasteiger partial charge on any atom is -0.507 e. The summed E-state index contributed by atoms with van der Waals surface area (Å²) in [4.78, 5) is 15.2. The highest BCUT2D eigenvalue weighted by atomic mass is 32.2. The lowest BCUT2D eigenvalue weighted by Crippen LogP contribution is -2.29. The molecule has 11 heteroatoms. The number of nitrogens with one attached hydrogen (secondary N) is 2. The first kappa shape index (κ1) is 31.3. The molecule has 0 aliphatic carbocycles. The number of urea groups is 1. The number of carbonyl (C=O) groups is 1. The molecule has 2 amide bonds. The number of fused-ring (bicyclic) bond motifs is 1. The zero-order valence-corrected chi connectivity index (χ0v) is 27.9. The molecular formula is C35H35N7O2S2. The maximum absolute atomic E-state index is 13.2. The van der Waals surface area contributed by atoms with E-state index in [9.17, 15) is 9.90 Å². The molecule has 6 aromatic rings. The zero-order valence-electron chi connectivity index (χ0n) is 26.3. The van der Waals surface area contributed by atoms with Crippen molar-refractivity contribution in [1.29, 1.82) is 0 Å². The number of hydrogen-bond donors (Lipinski definition) is 3. The van der Waals surface area contributed by atoms with Gasteiger partial charge in [0.1, 0.15) is 11.6 Å². The van der Waals surface area contributed by atoms with Gasteiger partial charge in [0.05, 0.1) is 21.7 Å². The minimum atomic E-state index is -0.324. The van der Waals surface area contributed by atoms with Gasteiger partial charge in [-0.25, -0.2) is 9.48 Å². The normalized spacial score (nSPS) is 11.6. The van der Waals surface area contributed by atoms with E-state index in [1.165, 1.54) is 0 Å². The number of nitrogens with zero attached hydrogens (tertiary/aromatic N) is 5. The number of anilines is 1. The molecule has 3 aromatic heterocycles. The number of carbonyl (C=O) groups excluding carboxylic acids is 1. The van der Waals surface area contributed by atoms with E-state index in [4.69, 9.17) is 5.10 Å². The molecule has 0 unspecified atom stereocenters. The highest BCUT2D eigenvalue weighted by Crippen LogP contribution is 2.36. The van der Waals surface area contributed by atoms with Gasteiger partial charge in [0, 0.05) is 28.6 Å². The first-order chi connectivity index (χ1) is 22.1. The van der Waals surface area contributed by atoms with Crippen molar-refractivity contribution in [2.75, 3.05) is 11.6 Å². The standard InChI is InChI=1S/C35H35N7O2S2/c1-22-10-13-25(14-11-22)42-32(19-30(40-42)35(3,4)45-5)37-34(44)36-20-24-8-6-7-9-29(24)46-26-15-17-31-38-39-33(41(31)21-26)27-16-12-23(2)18-28(27)43/h6-19,21,43H,20H2,1-5H3,(H2,36,37,44). The molecular weight excluding hydrogens is 615 g/mol. The fourth-order valence-electron chi connectivity index (χ4n) is 4.91. The van der Waals surface area contributed by atoms with Crippen molar-refractivity contribution in [3.63, 3.8) is 0 Å². The number of aromatic nitrogens is 5. The average Bonchev–Trinajstić information content (AvgIpc) is 3.66. The van der Waals surface area contributed by atoms with Gasteiger partial charge in [-0.15, -0.1) is 10.2 Å². The van der Waals surface area contributed by atoms with Crippen LogP contribution in [0, 0.1) is 13.8 Å². The van der Waals surface area contributed by atoms with Crippen molar-refractivity contribution < 1.29 is 9.90 Å². The highest BCUT2D eigenvalue weighted by molar-refractivity contribution is 7.99. The number of hydrogen-bond acceptors (Lipinski definition) is 7. The Bertz CT molecular complexity index is 2030. The topological polar surface area (TPSA) is 109 Å². The van der Waals surface area contributed by atoms with Crippen LogP contribution in [0.3, 0.4) is 0 Å². The summed E-state index contributed by atoms with van der Waals surface area (Å²) in [5.74, 6) is 1.32. The van der Waals surface area contributed by atoms with Gasteiger partial charge in [0.25, 0.3) is 0 Å². The van der Waals surface area contributed by atoms with E-state index < -0.39 is 0 Å². The minimum absolute atomic E-state index is 0.160. The second-order valence-electron chi connectivity index (χ2n) is 11.5. The number of phenolic OH excluding ortho intramolecular Hbond substituents is 1. The van der Waals surface area contributed by atoms with Crippen LogP contribution in [0.2, 0.25) is 0 Å². The van der Waals surface area contributed by atoms with Crippen LogP contribution in [0.25, 0.3) is 22.7 Å². The number of thioether (sulfide) groups is 1. The Labute approximate surface area is 276 Å². The van der Waals surface area contributed by atoms with Crippen LogP contribution in [0.4, 0.5) is 10.6 Å². The van der Waals surface area contributed by atoms with Crippen LogP contribution in [0.5, 0.6) is 5.75 Å². The van der Waals surface area contributed by atoms with Crippen LogP contribution in [-0.2, 0) is 11.3 Å². The summed E-state index contributed by atoms with van der Waals surface area (Å²) < 4.78 is 3.43. The molecule has 0 radical (unpaired) electrons. The fraction of sp³-hybridized carbons (Fsp3) is 0.200. The Hall–Kier alpha value is -4.74. The Kier molecular flexibility index (Phi) is 8.79. The molecule has 3 N–H and O–H groups in total. The second-order valence-corrected chi connectivity index (χ2v) is 14.1. The summed E-state index contributed by atoms with van der Waals surface area (Å²) in [6.07, 6.45) is 4.02. The lowest BCUT2D eigenvalue weighted by atomic mass is 10.1. The molecule has 0 aliphatic rings. The van der Waals surface area contributed by atoms with Gasteiger partial charge in [-0.3, -0.25) is 9.72 Å². The van der Waals surface area contributed by atoms with Gasteiger partial charge in [-0.2, -0.15) is 16.9 Å². The number of aromatic hydroxyl groups is 1. The molecule has 3 aromatic carbocycles. The maximum Gasteiger partial charge on any atom is 0.320 e. The third-order valence-corrected chi connectivity index (χ3v) is 10.1. The summed E-state index contributed by atoms with van der Waals surface area (Å²) in [5.41, 5.74) is 6.13. The van der Waals surface area contributed by atoms with E-state index in [1.807, 2.05) is 103 Å². The number of amides is 2. The molecule has 0 fully saturated rings. The number of phenols is 1. The number of aryl methyl sites for hydroxylation is 2. The van der Waals surface area contributed by atoms with E-state index in [1.54, 1.807) is 34.3 Å². The van der Waals surface area contributed by atoms with Gasteiger partial charge < -0.3 is 10.4 Å². The molecule has 46 heavy (non-hydrogen) atoms. The average molecular weight is 650 g/mol.